The summed E-state index contributed by atoms with van der Waals surface area (Å²) in [7, 11) is 2.00. The van der Waals surface area contributed by atoms with E-state index in [1.54, 1.807) is 0 Å². The third-order valence-corrected chi connectivity index (χ3v) is 1.92. The van der Waals surface area contributed by atoms with Crippen LogP contribution in [0, 0.1) is 5.92 Å². The topological polar surface area (TPSA) is 24.1 Å². The van der Waals surface area contributed by atoms with Gasteiger partial charge in [-0.15, -0.1) is 0 Å². The van der Waals surface area contributed by atoms with Gasteiger partial charge in [0.15, 0.2) is 0 Å². The monoisotopic (exact) mass is 172 g/mol. The van der Waals surface area contributed by atoms with Crippen molar-refractivity contribution in [3.05, 3.63) is 0 Å². The highest BCUT2D eigenvalue weighted by atomic mass is 14.9. The molecule has 2 N–H and O–H groups in total. The Labute approximate surface area is 77.1 Å². The Kier molecular flexibility index (Phi) is 8.95. The average molecular weight is 172 g/mol. The van der Waals surface area contributed by atoms with E-state index in [2.05, 4.69) is 24.5 Å². The van der Waals surface area contributed by atoms with Crippen LogP contribution in [0.25, 0.3) is 0 Å². The molecule has 0 aliphatic heterocycles. The van der Waals surface area contributed by atoms with E-state index in [9.17, 15) is 0 Å². The summed E-state index contributed by atoms with van der Waals surface area (Å²) in [6.07, 6.45) is 3.90. The summed E-state index contributed by atoms with van der Waals surface area (Å²) in [5.74, 6) is 0.851. The fraction of sp³-hybridized carbons (Fsp3) is 1.00. The van der Waals surface area contributed by atoms with Gasteiger partial charge in [-0.1, -0.05) is 13.8 Å². The maximum Gasteiger partial charge on any atom is -0.00368 e. The molecule has 0 aliphatic carbocycles. The summed E-state index contributed by atoms with van der Waals surface area (Å²) >= 11 is 0. The molecule has 0 bridgehead atoms. The van der Waals surface area contributed by atoms with Crippen molar-refractivity contribution in [1.29, 1.82) is 0 Å². The van der Waals surface area contributed by atoms with Gasteiger partial charge in [0.25, 0.3) is 0 Å². The summed E-state index contributed by atoms with van der Waals surface area (Å²) in [5.41, 5.74) is 0. The van der Waals surface area contributed by atoms with E-state index < -0.39 is 0 Å². The molecule has 0 aliphatic rings. The van der Waals surface area contributed by atoms with Crippen molar-refractivity contribution in [1.82, 2.24) is 10.6 Å². The Morgan fingerprint density at radius 3 is 2.25 bits per heavy atom. The van der Waals surface area contributed by atoms with Gasteiger partial charge >= 0.3 is 0 Å². The predicted molar refractivity (Wildman–Crippen MR) is 55.5 cm³/mol. The molecule has 0 aromatic carbocycles. The SMILES string of the molecule is CNCCCNCCCC(C)C. The second-order valence-electron chi connectivity index (χ2n) is 3.74. The van der Waals surface area contributed by atoms with Crippen molar-refractivity contribution >= 4 is 0 Å². The highest BCUT2D eigenvalue weighted by molar-refractivity contribution is 4.51. The summed E-state index contributed by atoms with van der Waals surface area (Å²) < 4.78 is 0. The molecule has 0 aromatic rings. The molecule has 0 saturated carbocycles. The van der Waals surface area contributed by atoms with Gasteiger partial charge in [0.2, 0.25) is 0 Å². The van der Waals surface area contributed by atoms with Crippen molar-refractivity contribution < 1.29 is 0 Å². The lowest BCUT2D eigenvalue weighted by atomic mass is 10.1. The van der Waals surface area contributed by atoms with E-state index >= 15 is 0 Å². The van der Waals surface area contributed by atoms with E-state index in [1.165, 1.54) is 25.8 Å². The van der Waals surface area contributed by atoms with Gasteiger partial charge in [-0.25, -0.2) is 0 Å². The molecule has 0 rings (SSSR count). The molecule has 0 aromatic heterocycles. The van der Waals surface area contributed by atoms with Gasteiger partial charge in [-0.2, -0.15) is 0 Å². The Balaban J connectivity index is 2.82. The fourth-order valence-corrected chi connectivity index (χ4v) is 1.15. The summed E-state index contributed by atoms with van der Waals surface area (Å²) in [5, 5.41) is 6.57. The van der Waals surface area contributed by atoms with E-state index in [0.29, 0.717) is 0 Å². The molecule has 0 heterocycles. The van der Waals surface area contributed by atoms with Crippen LogP contribution in [0.15, 0.2) is 0 Å². The van der Waals surface area contributed by atoms with Crippen LogP contribution in [0.5, 0.6) is 0 Å². The highest BCUT2D eigenvalue weighted by Gasteiger charge is 1.92. The van der Waals surface area contributed by atoms with Crippen LogP contribution in [0.1, 0.15) is 33.1 Å². The zero-order valence-corrected chi connectivity index (χ0v) is 8.82. The molecule has 2 nitrogen and oxygen atoms in total. The van der Waals surface area contributed by atoms with Crippen LogP contribution in [0.3, 0.4) is 0 Å². The number of hydrogen-bond acceptors (Lipinski definition) is 2. The van der Waals surface area contributed by atoms with Crippen LogP contribution >= 0.6 is 0 Å². The van der Waals surface area contributed by atoms with Gasteiger partial charge < -0.3 is 10.6 Å². The molecule has 0 saturated heterocycles. The largest absolute Gasteiger partial charge is 0.320 e. The van der Waals surface area contributed by atoms with Gasteiger partial charge in [0, 0.05) is 0 Å². The first-order valence-electron chi connectivity index (χ1n) is 5.12. The summed E-state index contributed by atoms with van der Waals surface area (Å²) in [6.45, 7) is 8.01. The lowest BCUT2D eigenvalue weighted by molar-refractivity contribution is 0.522. The van der Waals surface area contributed by atoms with E-state index in [-0.39, 0.29) is 0 Å². The summed E-state index contributed by atoms with van der Waals surface area (Å²) in [4.78, 5) is 0. The zero-order valence-electron chi connectivity index (χ0n) is 8.82. The number of rotatable bonds is 8. The molecule has 2 heteroatoms. The molecular weight excluding hydrogens is 148 g/mol. The van der Waals surface area contributed by atoms with Crippen molar-refractivity contribution in [2.45, 2.75) is 33.1 Å². The molecule has 12 heavy (non-hydrogen) atoms. The Morgan fingerprint density at radius 2 is 1.67 bits per heavy atom. The minimum atomic E-state index is 0.851. The molecule has 0 radical (unpaired) electrons. The van der Waals surface area contributed by atoms with Crippen LogP contribution in [0.2, 0.25) is 0 Å². The molecular formula is C10H24N2. The second-order valence-corrected chi connectivity index (χ2v) is 3.74. The minimum Gasteiger partial charge on any atom is -0.320 e. The molecule has 0 unspecified atom stereocenters. The molecule has 0 atom stereocenters. The first-order valence-corrected chi connectivity index (χ1v) is 5.12. The van der Waals surface area contributed by atoms with E-state index in [1.807, 2.05) is 7.05 Å². The first-order chi connectivity index (χ1) is 5.77. The maximum atomic E-state index is 3.44. The highest BCUT2D eigenvalue weighted by Crippen LogP contribution is 2.01. The minimum absolute atomic E-state index is 0.851. The van der Waals surface area contributed by atoms with Crippen molar-refractivity contribution in [3.63, 3.8) is 0 Å². The molecule has 0 spiro atoms. The normalized spacial score (nSPS) is 11.0. The van der Waals surface area contributed by atoms with Crippen LogP contribution in [-0.4, -0.2) is 26.7 Å². The second kappa shape index (κ2) is 9.01. The quantitative estimate of drug-likeness (QED) is 0.544. The predicted octanol–water partition coefficient (Wildman–Crippen LogP) is 1.62. The molecule has 74 valence electrons. The van der Waals surface area contributed by atoms with Gasteiger partial charge in [-0.05, 0) is 51.9 Å². The molecule has 0 amide bonds. The Hall–Kier alpha value is -0.0800. The number of hydrogen-bond donors (Lipinski definition) is 2. The van der Waals surface area contributed by atoms with E-state index in [0.717, 1.165) is 19.0 Å². The average Bonchev–Trinajstić information content (AvgIpc) is 2.02. The van der Waals surface area contributed by atoms with Crippen molar-refractivity contribution in [2.24, 2.45) is 5.92 Å². The van der Waals surface area contributed by atoms with E-state index in [4.69, 9.17) is 0 Å². The van der Waals surface area contributed by atoms with Gasteiger partial charge in [0.05, 0.1) is 0 Å². The third kappa shape index (κ3) is 9.92. The molecule has 0 fully saturated rings. The van der Waals surface area contributed by atoms with Gasteiger partial charge in [0.1, 0.15) is 0 Å². The Bertz CT molecular complexity index is 81.9. The maximum absolute atomic E-state index is 3.44. The van der Waals surface area contributed by atoms with Crippen molar-refractivity contribution in [3.8, 4) is 0 Å². The zero-order chi connectivity index (χ0) is 9.23. The fourth-order valence-electron chi connectivity index (χ4n) is 1.15. The lowest BCUT2D eigenvalue weighted by Crippen LogP contribution is -2.20. The smallest absolute Gasteiger partial charge is 0.00368 e. The Morgan fingerprint density at radius 1 is 1.00 bits per heavy atom. The van der Waals surface area contributed by atoms with Crippen LogP contribution < -0.4 is 10.6 Å². The van der Waals surface area contributed by atoms with Crippen LogP contribution in [-0.2, 0) is 0 Å². The van der Waals surface area contributed by atoms with Crippen LogP contribution in [0.4, 0.5) is 0 Å². The lowest BCUT2D eigenvalue weighted by Gasteiger charge is -2.05. The summed E-state index contributed by atoms with van der Waals surface area (Å²) in [6, 6.07) is 0. The third-order valence-electron chi connectivity index (χ3n) is 1.92. The van der Waals surface area contributed by atoms with Crippen molar-refractivity contribution in [2.75, 3.05) is 26.7 Å². The first kappa shape index (κ1) is 11.9. The van der Waals surface area contributed by atoms with Gasteiger partial charge in [-0.3, -0.25) is 0 Å². The number of nitrogens with one attached hydrogen (secondary N) is 2. The standard InChI is InChI=1S/C10H24N2/c1-10(2)6-4-8-12-9-5-7-11-3/h10-12H,4-9H2,1-3H3.